The third kappa shape index (κ3) is 6.37. The number of nitrogens with zero attached hydrogens (tertiary/aromatic N) is 4. The van der Waals surface area contributed by atoms with Gasteiger partial charge in [0.1, 0.15) is 5.75 Å². The summed E-state index contributed by atoms with van der Waals surface area (Å²) in [6.45, 7) is 6.54. The fraction of sp³-hybridized carbons (Fsp3) is 0.290. The van der Waals surface area contributed by atoms with Crippen LogP contribution in [0.15, 0.2) is 73.7 Å². The molecule has 1 aliphatic rings. The predicted octanol–water partition coefficient (Wildman–Crippen LogP) is 6.03. The lowest BCUT2D eigenvalue weighted by Gasteiger charge is -2.31. The maximum atomic E-state index is 13.8. The van der Waals surface area contributed by atoms with Crippen LogP contribution in [0, 0.1) is 12.8 Å². The molecule has 3 heterocycles. The molecular formula is C31H32FN5O4. The van der Waals surface area contributed by atoms with Gasteiger partial charge in [0.25, 0.3) is 5.91 Å². The van der Waals surface area contributed by atoms with Crippen LogP contribution in [0.4, 0.5) is 15.9 Å². The molecule has 0 aliphatic carbocycles. The number of likely N-dealkylation sites (tertiary alicyclic amines) is 1. The van der Waals surface area contributed by atoms with Gasteiger partial charge in [0.05, 0.1) is 11.9 Å². The second-order valence-electron chi connectivity index (χ2n) is 10.2. The van der Waals surface area contributed by atoms with Crippen LogP contribution in [0.3, 0.4) is 0 Å². The Morgan fingerprint density at radius 2 is 1.95 bits per heavy atom. The van der Waals surface area contributed by atoms with Gasteiger partial charge < -0.3 is 20.1 Å². The van der Waals surface area contributed by atoms with Gasteiger partial charge in [-0.05, 0) is 73.7 Å². The fourth-order valence-corrected chi connectivity index (χ4v) is 5.13. The Morgan fingerprint density at radius 3 is 2.63 bits per heavy atom. The van der Waals surface area contributed by atoms with Crippen LogP contribution in [0.5, 0.6) is 5.75 Å². The Balaban J connectivity index is 1.29. The molecule has 2 aromatic heterocycles. The fourth-order valence-electron chi connectivity index (χ4n) is 5.13. The van der Waals surface area contributed by atoms with Crippen molar-refractivity contribution < 1.29 is 23.8 Å². The minimum atomic E-state index is -1.44. The first kappa shape index (κ1) is 27.8. The van der Waals surface area contributed by atoms with Gasteiger partial charge in [0.2, 0.25) is 6.36 Å². The number of ether oxygens (including phenoxy) is 1. The van der Waals surface area contributed by atoms with E-state index in [4.69, 9.17) is 9.84 Å². The first-order chi connectivity index (χ1) is 19.8. The van der Waals surface area contributed by atoms with Crippen LogP contribution < -0.4 is 10.1 Å². The molecule has 1 fully saturated rings. The van der Waals surface area contributed by atoms with E-state index in [1.807, 2.05) is 41.8 Å². The van der Waals surface area contributed by atoms with Crippen molar-refractivity contribution in [1.29, 1.82) is 0 Å². The number of anilines is 2. The van der Waals surface area contributed by atoms with Gasteiger partial charge in [0, 0.05) is 55.1 Å². The number of carboxylic acids is 1. The van der Waals surface area contributed by atoms with Gasteiger partial charge >= 0.3 is 5.97 Å². The lowest BCUT2D eigenvalue weighted by atomic mass is 9.93. The number of benzene rings is 2. The van der Waals surface area contributed by atoms with E-state index in [1.54, 1.807) is 35.5 Å². The zero-order valence-corrected chi connectivity index (χ0v) is 22.8. The molecule has 1 atom stereocenters. The zero-order valence-electron chi connectivity index (χ0n) is 22.8. The second-order valence-corrected chi connectivity index (χ2v) is 10.2. The molecule has 4 aromatic rings. The highest BCUT2D eigenvalue weighted by Gasteiger charge is 2.26. The summed E-state index contributed by atoms with van der Waals surface area (Å²) in [7, 11) is 0. The van der Waals surface area contributed by atoms with Crippen molar-refractivity contribution in [3.63, 3.8) is 0 Å². The summed E-state index contributed by atoms with van der Waals surface area (Å²) < 4.78 is 20.9. The number of alkyl halides is 1. The van der Waals surface area contributed by atoms with Crippen LogP contribution >= 0.6 is 0 Å². The highest BCUT2D eigenvalue weighted by Crippen LogP contribution is 2.28. The van der Waals surface area contributed by atoms with Crippen molar-refractivity contribution in [1.82, 2.24) is 19.3 Å². The van der Waals surface area contributed by atoms with E-state index in [9.17, 15) is 14.0 Å². The molecule has 1 aliphatic heterocycles. The van der Waals surface area contributed by atoms with Gasteiger partial charge in [-0.15, -0.1) is 6.58 Å². The summed E-state index contributed by atoms with van der Waals surface area (Å²) in [6, 6.07) is 12.7. The quantitative estimate of drug-likeness (QED) is 0.229. The van der Waals surface area contributed by atoms with Crippen LogP contribution in [0.1, 0.15) is 41.6 Å². The Kier molecular flexibility index (Phi) is 8.28. The van der Waals surface area contributed by atoms with Gasteiger partial charge in [-0.2, -0.15) is 0 Å². The molecule has 212 valence electrons. The molecule has 2 aromatic carbocycles. The van der Waals surface area contributed by atoms with Gasteiger partial charge in [-0.25, -0.2) is 14.4 Å². The topological polar surface area (TPSA) is 109 Å². The summed E-state index contributed by atoms with van der Waals surface area (Å²) in [5, 5.41) is 12.4. The minimum Gasteiger partial charge on any atom is -0.481 e. The molecule has 9 nitrogen and oxygen atoms in total. The number of carbonyl (C=O) groups excluding carboxylic acids is 1. The molecule has 0 radical (unpaired) electrons. The second kappa shape index (κ2) is 12.2. The van der Waals surface area contributed by atoms with Crippen molar-refractivity contribution in [3.8, 4) is 17.0 Å². The maximum absolute atomic E-state index is 13.8. The number of carboxylic acid groups (broad SMARTS) is 1. The number of aliphatic carboxylic acids is 1. The number of aryl methyl sites for hydroxylation is 1. The molecule has 1 amide bonds. The molecule has 10 heteroatoms. The van der Waals surface area contributed by atoms with Crippen molar-refractivity contribution >= 4 is 29.0 Å². The molecule has 1 unspecified atom stereocenters. The van der Waals surface area contributed by atoms with E-state index in [0.717, 1.165) is 22.5 Å². The van der Waals surface area contributed by atoms with Gasteiger partial charge in [-0.1, -0.05) is 6.08 Å². The lowest BCUT2D eigenvalue weighted by Crippen LogP contribution is -2.39. The highest BCUT2D eigenvalue weighted by atomic mass is 19.1. The van der Waals surface area contributed by atoms with E-state index < -0.39 is 12.3 Å². The molecule has 0 bridgehead atoms. The van der Waals surface area contributed by atoms with Gasteiger partial charge in [-0.3, -0.25) is 14.0 Å². The SMILES string of the molecule is C=CCC(F)Oc1ccc(-c2cnc3c(Nc4ccc(C(=O)N5CCC(CC(=O)O)CC5)c(C)c4)nccn23)cc1. The predicted molar refractivity (Wildman–Crippen MR) is 154 cm³/mol. The Bertz CT molecular complexity index is 1560. The normalized spacial score (nSPS) is 14.5. The monoisotopic (exact) mass is 557 g/mol. The van der Waals surface area contributed by atoms with Crippen LogP contribution in [-0.4, -0.2) is 55.7 Å². The van der Waals surface area contributed by atoms with E-state index in [0.29, 0.717) is 48.7 Å². The summed E-state index contributed by atoms with van der Waals surface area (Å²) in [5.41, 5.74) is 4.56. The number of piperidine rings is 1. The summed E-state index contributed by atoms with van der Waals surface area (Å²) in [6.07, 6.45) is 6.96. The van der Waals surface area contributed by atoms with E-state index in [2.05, 4.69) is 21.9 Å². The van der Waals surface area contributed by atoms with E-state index in [-0.39, 0.29) is 24.7 Å². The standard InChI is InChI=1S/C31H32FN5O4/c1-3-4-27(32)41-24-8-5-22(6-9-24)26-19-34-30-29(33-13-16-37(26)30)35-23-7-10-25(20(2)17-23)31(40)36-14-11-21(12-15-36)18-28(38)39/h3,5-10,13,16-17,19,21,27H,1,4,11-12,14-15,18H2,2H3,(H,33,35)(H,38,39). The average molecular weight is 558 g/mol. The molecule has 2 N–H and O–H groups in total. The highest BCUT2D eigenvalue weighted by molar-refractivity contribution is 5.96. The molecule has 1 saturated heterocycles. The van der Waals surface area contributed by atoms with Crippen LogP contribution in [-0.2, 0) is 4.79 Å². The van der Waals surface area contributed by atoms with Crippen LogP contribution in [0.2, 0.25) is 0 Å². The average Bonchev–Trinajstić information content (AvgIpc) is 3.39. The van der Waals surface area contributed by atoms with Crippen LogP contribution in [0.25, 0.3) is 16.9 Å². The first-order valence-electron chi connectivity index (χ1n) is 13.5. The zero-order chi connectivity index (χ0) is 28.9. The number of imidazole rings is 1. The number of aromatic nitrogens is 3. The molecule has 0 saturated carbocycles. The number of rotatable bonds is 10. The number of carbonyl (C=O) groups is 2. The molecular weight excluding hydrogens is 525 g/mol. The molecule has 41 heavy (non-hydrogen) atoms. The summed E-state index contributed by atoms with van der Waals surface area (Å²) >= 11 is 0. The van der Waals surface area contributed by atoms with Gasteiger partial charge in [0.15, 0.2) is 11.5 Å². The van der Waals surface area contributed by atoms with Crippen molar-refractivity contribution in [3.05, 3.63) is 84.8 Å². The molecule has 5 rings (SSSR count). The number of amides is 1. The smallest absolute Gasteiger partial charge is 0.303 e. The largest absolute Gasteiger partial charge is 0.481 e. The van der Waals surface area contributed by atoms with Crippen molar-refractivity contribution in [2.75, 3.05) is 18.4 Å². The third-order valence-corrected chi connectivity index (χ3v) is 7.28. The number of halogens is 1. The number of nitrogens with one attached hydrogen (secondary N) is 1. The number of hydrogen-bond acceptors (Lipinski definition) is 6. The Labute approximate surface area is 237 Å². The number of hydrogen-bond donors (Lipinski definition) is 2. The number of fused-ring (bicyclic) bond motifs is 1. The molecule has 0 spiro atoms. The Hall–Kier alpha value is -4.73. The summed E-state index contributed by atoms with van der Waals surface area (Å²) in [4.78, 5) is 35.0. The van der Waals surface area contributed by atoms with E-state index in [1.165, 1.54) is 6.08 Å². The summed E-state index contributed by atoms with van der Waals surface area (Å²) in [5.74, 6) is 0.276. The van der Waals surface area contributed by atoms with Crippen molar-refractivity contribution in [2.45, 2.75) is 39.0 Å². The third-order valence-electron chi connectivity index (χ3n) is 7.28. The minimum absolute atomic E-state index is 0.0416. The Morgan fingerprint density at radius 1 is 1.20 bits per heavy atom. The van der Waals surface area contributed by atoms with E-state index >= 15 is 0 Å². The first-order valence-corrected chi connectivity index (χ1v) is 13.5. The van der Waals surface area contributed by atoms with Crippen molar-refractivity contribution in [2.24, 2.45) is 5.92 Å². The lowest BCUT2D eigenvalue weighted by molar-refractivity contribution is -0.138. The maximum Gasteiger partial charge on any atom is 0.303 e.